The van der Waals surface area contributed by atoms with Gasteiger partial charge in [-0.2, -0.15) is 0 Å². The lowest BCUT2D eigenvalue weighted by Gasteiger charge is -2.09. The van der Waals surface area contributed by atoms with Crippen LogP contribution in [-0.2, 0) is 14.3 Å². The molecular weight excluding hydrogens is 242 g/mol. The van der Waals surface area contributed by atoms with Crippen LogP contribution < -0.4 is 0 Å². The van der Waals surface area contributed by atoms with E-state index in [1.165, 1.54) is 0 Å². The quantitative estimate of drug-likeness (QED) is 0.780. The lowest BCUT2D eigenvalue weighted by molar-refractivity contribution is -0.149. The third kappa shape index (κ3) is 3.95. The fourth-order valence-electron chi connectivity index (χ4n) is 1.65. The first-order valence-electron chi connectivity index (χ1n) is 6.29. The summed E-state index contributed by atoms with van der Waals surface area (Å²) in [4.78, 5) is 15.8. The molecule has 0 aliphatic carbocycles. The highest BCUT2D eigenvalue weighted by atomic mass is 16.6. The van der Waals surface area contributed by atoms with E-state index in [4.69, 9.17) is 9.47 Å². The fraction of sp³-hybridized carbons (Fsp3) is 0.333. The minimum atomic E-state index is -0.544. The maximum atomic E-state index is 11.6. The van der Waals surface area contributed by atoms with E-state index < -0.39 is 6.04 Å². The van der Waals surface area contributed by atoms with Crippen LogP contribution in [0.15, 0.2) is 41.4 Å². The molecule has 0 bridgehead atoms. The number of esters is 1. The zero-order valence-electron chi connectivity index (χ0n) is 11.1. The molecule has 0 N–H and O–H groups in total. The normalized spacial score (nSPS) is 18.5. The van der Waals surface area contributed by atoms with Crippen LogP contribution in [0.5, 0.6) is 0 Å². The summed E-state index contributed by atoms with van der Waals surface area (Å²) in [5.74, 6) is 0.132. The third-order valence-electron chi connectivity index (χ3n) is 2.51. The smallest absolute Gasteiger partial charge is 0.334 e. The fourth-order valence-corrected chi connectivity index (χ4v) is 1.65. The summed E-state index contributed by atoms with van der Waals surface area (Å²) >= 11 is 0. The van der Waals surface area contributed by atoms with Crippen LogP contribution in [0, 0.1) is 0 Å². The summed E-state index contributed by atoms with van der Waals surface area (Å²) < 4.78 is 10.4. The van der Waals surface area contributed by atoms with Crippen LogP contribution in [0.3, 0.4) is 0 Å². The van der Waals surface area contributed by atoms with Crippen LogP contribution in [0.1, 0.15) is 19.4 Å². The van der Waals surface area contributed by atoms with Gasteiger partial charge in [0, 0.05) is 6.08 Å². The second-order valence-corrected chi connectivity index (χ2v) is 4.52. The van der Waals surface area contributed by atoms with Gasteiger partial charge in [-0.25, -0.2) is 9.79 Å². The third-order valence-corrected chi connectivity index (χ3v) is 2.51. The molecule has 4 heteroatoms. The Morgan fingerprint density at radius 3 is 2.79 bits per heavy atom. The van der Waals surface area contributed by atoms with Gasteiger partial charge in [-0.15, -0.1) is 0 Å². The summed E-state index contributed by atoms with van der Waals surface area (Å²) in [6.45, 7) is 3.88. The van der Waals surface area contributed by atoms with E-state index in [9.17, 15) is 4.79 Å². The Labute approximate surface area is 112 Å². The van der Waals surface area contributed by atoms with E-state index >= 15 is 0 Å². The highest BCUT2D eigenvalue weighted by Gasteiger charge is 2.26. The Balaban J connectivity index is 1.96. The number of hydrogen-bond acceptors (Lipinski definition) is 4. The monoisotopic (exact) mass is 259 g/mol. The Kier molecular flexibility index (Phi) is 4.34. The topological polar surface area (TPSA) is 47.9 Å². The van der Waals surface area contributed by atoms with Crippen LogP contribution in [0.25, 0.3) is 6.08 Å². The van der Waals surface area contributed by atoms with Gasteiger partial charge in [0.1, 0.15) is 6.61 Å². The molecule has 1 aliphatic rings. The largest absolute Gasteiger partial charge is 0.475 e. The van der Waals surface area contributed by atoms with Crippen molar-refractivity contribution in [1.82, 2.24) is 0 Å². The SMILES string of the molecule is CC(C)OC(=O)C1COC(/C=C/c2ccccc2)=N1. The van der Waals surface area contributed by atoms with Crippen molar-refractivity contribution < 1.29 is 14.3 Å². The highest BCUT2D eigenvalue weighted by molar-refractivity contribution is 5.95. The van der Waals surface area contributed by atoms with Crippen LogP contribution in [0.2, 0.25) is 0 Å². The molecular formula is C15H17NO3. The molecule has 4 nitrogen and oxygen atoms in total. The van der Waals surface area contributed by atoms with Crippen molar-refractivity contribution in [3.63, 3.8) is 0 Å². The number of ether oxygens (including phenoxy) is 2. The second-order valence-electron chi connectivity index (χ2n) is 4.52. The minimum absolute atomic E-state index is 0.133. The number of carbonyl (C=O) groups is 1. The first kappa shape index (κ1) is 13.3. The van der Waals surface area contributed by atoms with Crippen molar-refractivity contribution in [2.45, 2.75) is 26.0 Å². The van der Waals surface area contributed by atoms with Crippen molar-refractivity contribution in [2.24, 2.45) is 4.99 Å². The molecule has 0 aromatic heterocycles. The van der Waals surface area contributed by atoms with Gasteiger partial charge in [0.05, 0.1) is 6.10 Å². The van der Waals surface area contributed by atoms with Gasteiger partial charge >= 0.3 is 5.97 Å². The first-order chi connectivity index (χ1) is 9.15. The molecule has 1 aromatic rings. The van der Waals surface area contributed by atoms with Crippen molar-refractivity contribution in [3.8, 4) is 0 Å². The molecule has 0 saturated heterocycles. The zero-order valence-corrected chi connectivity index (χ0v) is 11.1. The number of carbonyl (C=O) groups excluding carboxylic acids is 1. The molecule has 1 atom stereocenters. The van der Waals surface area contributed by atoms with E-state index in [1.54, 1.807) is 6.08 Å². The Bertz CT molecular complexity index is 491. The lowest BCUT2D eigenvalue weighted by Crippen LogP contribution is -2.25. The van der Waals surface area contributed by atoms with Gasteiger partial charge < -0.3 is 9.47 Å². The lowest BCUT2D eigenvalue weighted by atomic mass is 10.2. The summed E-state index contributed by atoms with van der Waals surface area (Å²) in [7, 11) is 0. The van der Waals surface area contributed by atoms with Crippen molar-refractivity contribution in [3.05, 3.63) is 42.0 Å². The number of aliphatic imine (C=N–C) groups is 1. The molecule has 0 spiro atoms. The molecule has 0 amide bonds. The average molecular weight is 259 g/mol. The van der Waals surface area contributed by atoms with Gasteiger partial charge in [0.2, 0.25) is 5.90 Å². The van der Waals surface area contributed by atoms with E-state index in [1.807, 2.05) is 50.3 Å². The number of hydrogen-bond donors (Lipinski definition) is 0. The van der Waals surface area contributed by atoms with Crippen molar-refractivity contribution in [1.29, 1.82) is 0 Å². The summed E-state index contributed by atoms with van der Waals surface area (Å²) in [5.41, 5.74) is 1.06. The van der Waals surface area contributed by atoms with Gasteiger partial charge in [-0.05, 0) is 25.5 Å². The Morgan fingerprint density at radius 2 is 2.11 bits per heavy atom. The number of rotatable bonds is 4. The van der Waals surface area contributed by atoms with Crippen LogP contribution >= 0.6 is 0 Å². The molecule has 1 aliphatic heterocycles. The van der Waals surface area contributed by atoms with E-state index in [2.05, 4.69) is 4.99 Å². The molecule has 0 saturated carbocycles. The first-order valence-corrected chi connectivity index (χ1v) is 6.29. The van der Waals surface area contributed by atoms with Gasteiger partial charge in [-0.3, -0.25) is 0 Å². The molecule has 1 heterocycles. The van der Waals surface area contributed by atoms with Gasteiger partial charge in [0.25, 0.3) is 0 Å². The maximum Gasteiger partial charge on any atom is 0.334 e. The number of nitrogens with zero attached hydrogens (tertiary/aromatic N) is 1. The van der Waals surface area contributed by atoms with Crippen LogP contribution in [0.4, 0.5) is 0 Å². The molecule has 100 valence electrons. The minimum Gasteiger partial charge on any atom is -0.475 e. The van der Waals surface area contributed by atoms with E-state index in [0.717, 1.165) is 5.56 Å². The average Bonchev–Trinajstić information content (AvgIpc) is 2.86. The van der Waals surface area contributed by atoms with Crippen molar-refractivity contribution >= 4 is 17.9 Å². The summed E-state index contributed by atoms with van der Waals surface area (Å²) in [6.07, 6.45) is 3.53. The Hall–Kier alpha value is -2.10. The molecule has 2 rings (SSSR count). The molecule has 0 fully saturated rings. The molecule has 0 radical (unpaired) electrons. The second kappa shape index (κ2) is 6.18. The summed E-state index contributed by atoms with van der Waals surface area (Å²) in [6, 6.07) is 9.30. The van der Waals surface area contributed by atoms with E-state index in [0.29, 0.717) is 5.90 Å². The predicted octanol–water partition coefficient (Wildman–Crippen LogP) is 2.45. The van der Waals surface area contributed by atoms with Crippen LogP contribution in [-0.4, -0.2) is 30.6 Å². The maximum absolute atomic E-state index is 11.6. The van der Waals surface area contributed by atoms with Crippen molar-refractivity contribution in [2.75, 3.05) is 6.61 Å². The zero-order chi connectivity index (χ0) is 13.7. The van der Waals surface area contributed by atoms with E-state index in [-0.39, 0.29) is 18.7 Å². The summed E-state index contributed by atoms with van der Waals surface area (Å²) in [5, 5.41) is 0. The molecule has 1 aromatic carbocycles. The molecule has 1 unspecified atom stereocenters. The standard InChI is InChI=1S/C15H17NO3/c1-11(2)19-15(17)13-10-18-14(16-13)9-8-12-6-4-3-5-7-12/h3-9,11,13H,10H2,1-2H3/b9-8+. The highest BCUT2D eigenvalue weighted by Crippen LogP contribution is 2.10. The number of benzene rings is 1. The predicted molar refractivity (Wildman–Crippen MR) is 73.9 cm³/mol. The molecule has 19 heavy (non-hydrogen) atoms. The van der Waals surface area contributed by atoms with Gasteiger partial charge in [-0.1, -0.05) is 30.3 Å². The Morgan fingerprint density at radius 1 is 1.37 bits per heavy atom. The van der Waals surface area contributed by atoms with Gasteiger partial charge in [0.15, 0.2) is 6.04 Å².